The number of nitrogens with zero attached hydrogens (tertiary/aromatic N) is 4. The van der Waals surface area contributed by atoms with Crippen molar-refractivity contribution >= 4 is 23.2 Å². The second-order valence-electron chi connectivity index (χ2n) is 7.84. The molecular weight excluding hydrogens is 408 g/mol. The fourth-order valence-electron chi connectivity index (χ4n) is 3.37. The van der Waals surface area contributed by atoms with Gasteiger partial charge in [0.15, 0.2) is 10.9 Å². The van der Waals surface area contributed by atoms with Crippen LogP contribution in [0.15, 0.2) is 58.7 Å². The van der Waals surface area contributed by atoms with Crippen molar-refractivity contribution in [1.29, 1.82) is 0 Å². The SMILES string of the molecule is Cc1ccc(C(=O)[C@H](C)Sc2nnc3c(=O)n(-c4ccc(C)c(C)c4)ccn23)cc1C. The van der Waals surface area contributed by atoms with Gasteiger partial charge in [0, 0.05) is 23.6 Å². The number of fused-ring (bicyclic) bond motifs is 1. The van der Waals surface area contributed by atoms with E-state index in [1.165, 1.54) is 17.3 Å². The Labute approximate surface area is 185 Å². The molecule has 2 aromatic carbocycles. The topological polar surface area (TPSA) is 69.3 Å². The minimum Gasteiger partial charge on any atom is -0.293 e. The molecule has 2 aromatic heterocycles. The average molecular weight is 433 g/mol. The van der Waals surface area contributed by atoms with E-state index in [1.807, 2.05) is 71.0 Å². The average Bonchev–Trinajstić information content (AvgIpc) is 3.15. The van der Waals surface area contributed by atoms with Crippen LogP contribution < -0.4 is 5.56 Å². The van der Waals surface area contributed by atoms with Gasteiger partial charge >= 0.3 is 5.56 Å². The third kappa shape index (κ3) is 3.93. The van der Waals surface area contributed by atoms with Crippen molar-refractivity contribution in [1.82, 2.24) is 19.2 Å². The number of aromatic nitrogens is 4. The molecule has 0 saturated carbocycles. The fraction of sp³-hybridized carbons (Fsp3) is 0.250. The lowest BCUT2D eigenvalue weighted by molar-refractivity contribution is 0.0993. The van der Waals surface area contributed by atoms with E-state index in [-0.39, 0.29) is 22.2 Å². The van der Waals surface area contributed by atoms with Gasteiger partial charge < -0.3 is 0 Å². The Bertz CT molecular complexity index is 1370. The van der Waals surface area contributed by atoms with E-state index in [1.54, 1.807) is 21.4 Å². The largest absolute Gasteiger partial charge is 0.300 e. The lowest BCUT2D eigenvalue weighted by atomic mass is 10.0. The molecule has 0 N–H and O–H groups in total. The summed E-state index contributed by atoms with van der Waals surface area (Å²) in [5.74, 6) is 0.0216. The minimum atomic E-state index is -0.364. The number of aryl methyl sites for hydroxylation is 4. The molecule has 31 heavy (non-hydrogen) atoms. The van der Waals surface area contributed by atoms with E-state index in [9.17, 15) is 9.59 Å². The molecule has 6 nitrogen and oxygen atoms in total. The third-order valence-corrected chi connectivity index (χ3v) is 6.71. The summed E-state index contributed by atoms with van der Waals surface area (Å²) in [5.41, 5.74) is 5.96. The van der Waals surface area contributed by atoms with Gasteiger partial charge in [-0.1, -0.05) is 30.0 Å². The summed E-state index contributed by atoms with van der Waals surface area (Å²) in [6.07, 6.45) is 3.48. The highest BCUT2D eigenvalue weighted by molar-refractivity contribution is 8.00. The quantitative estimate of drug-likeness (QED) is 0.344. The van der Waals surface area contributed by atoms with Gasteiger partial charge in [0.25, 0.3) is 0 Å². The molecule has 0 bridgehead atoms. The van der Waals surface area contributed by atoms with Crippen LogP contribution in [0.2, 0.25) is 0 Å². The normalized spacial score (nSPS) is 12.3. The van der Waals surface area contributed by atoms with Crippen LogP contribution in [0.25, 0.3) is 11.3 Å². The molecule has 0 aliphatic rings. The molecule has 2 heterocycles. The molecule has 0 spiro atoms. The number of hydrogen-bond donors (Lipinski definition) is 0. The predicted molar refractivity (Wildman–Crippen MR) is 124 cm³/mol. The number of thioether (sulfide) groups is 1. The van der Waals surface area contributed by atoms with Crippen LogP contribution >= 0.6 is 11.8 Å². The molecule has 0 radical (unpaired) electrons. The molecule has 7 heteroatoms. The fourth-order valence-corrected chi connectivity index (χ4v) is 4.27. The van der Waals surface area contributed by atoms with Gasteiger partial charge in [-0.05, 0) is 75.1 Å². The van der Waals surface area contributed by atoms with Crippen LogP contribution in [-0.4, -0.2) is 30.2 Å². The van der Waals surface area contributed by atoms with Crippen molar-refractivity contribution in [3.8, 4) is 5.69 Å². The first kappa shape index (κ1) is 21.1. The highest BCUT2D eigenvalue weighted by Gasteiger charge is 2.21. The molecule has 158 valence electrons. The van der Waals surface area contributed by atoms with Crippen molar-refractivity contribution in [2.75, 3.05) is 0 Å². The van der Waals surface area contributed by atoms with Crippen molar-refractivity contribution in [3.63, 3.8) is 0 Å². The first-order chi connectivity index (χ1) is 14.8. The zero-order valence-electron chi connectivity index (χ0n) is 18.2. The monoisotopic (exact) mass is 432 g/mol. The number of rotatable bonds is 5. The van der Waals surface area contributed by atoms with E-state index >= 15 is 0 Å². The second-order valence-corrected chi connectivity index (χ2v) is 9.15. The molecule has 0 aliphatic carbocycles. The van der Waals surface area contributed by atoms with Crippen LogP contribution in [0.5, 0.6) is 0 Å². The molecule has 0 saturated heterocycles. The molecule has 0 unspecified atom stereocenters. The number of carbonyl (C=O) groups excluding carboxylic acids is 1. The van der Waals surface area contributed by atoms with Gasteiger partial charge in [-0.2, -0.15) is 0 Å². The Balaban J connectivity index is 1.64. The Morgan fingerprint density at radius 3 is 2.26 bits per heavy atom. The van der Waals surface area contributed by atoms with E-state index in [2.05, 4.69) is 10.2 Å². The highest BCUT2D eigenvalue weighted by Crippen LogP contribution is 2.25. The van der Waals surface area contributed by atoms with Crippen molar-refractivity contribution in [2.24, 2.45) is 0 Å². The standard InChI is InChI=1S/C24H24N4O2S/c1-14-6-8-19(12-16(14)3)21(29)18(5)31-24-26-25-22-23(30)27(10-11-28(22)24)20-9-7-15(2)17(4)13-20/h6-13,18H,1-5H3/t18-/m0/s1. The predicted octanol–water partition coefficient (Wildman–Crippen LogP) is 4.48. The second kappa shape index (κ2) is 8.15. The van der Waals surface area contributed by atoms with Crippen LogP contribution in [0.1, 0.15) is 39.5 Å². The summed E-state index contributed by atoms with van der Waals surface area (Å²) >= 11 is 1.30. The maximum Gasteiger partial charge on any atom is 0.300 e. The van der Waals surface area contributed by atoms with Crippen molar-refractivity contribution < 1.29 is 4.79 Å². The molecule has 0 fully saturated rings. The van der Waals surface area contributed by atoms with Gasteiger partial charge in [0.05, 0.1) is 5.25 Å². The van der Waals surface area contributed by atoms with E-state index in [0.717, 1.165) is 22.4 Å². The number of carbonyl (C=O) groups is 1. The van der Waals surface area contributed by atoms with Gasteiger partial charge in [-0.15, -0.1) is 10.2 Å². The highest BCUT2D eigenvalue weighted by atomic mass is 32.2. The van der Waals surface area contributed by atoms with Crippen LogP contribution in [-0.2, 0) is 0 Å². The summed E-state index contributed by atoms with van der Waals surface area (Å²) in [7, 11) is 0. The Kier molecular flexibility index (Phi) is 5.54. The summed E-state index contributed by atoms with van der Waals surface area (Å²) < 4.78 is 3.21. The third-order valence-electron chi connectivity index (χ3n) is 5.65. The number of hydrogen-bond acceptors (Lipinski definition) is 5. The minimum absolute atomic E-state index is 0.0216. The molecule has 0 aliphatic heterocycles. The van der Waals surface area contributed by atoms with Crippen molar-refractivity contribution in [2.45, 2.75) is 45.0 Å². The lowest BCUT2D eigenvalue weighted by Crippen LogP contribution is -2.20. The lowest BCUT2D eigenvalue weighted by Gasteiger charge is -2.11. The van der Waals surface area contributed by atoms with Gasteiger partial charge in [0.1, 0.15) is 0 Å². The number of benzene rings is 2. The Morgan fingerprint density at radius 1 is 0.903 bits per heavy atom. The smallest absolute Gasteiger partial charge is 0.293 e. The Morgan fingerprint density at radius 2 is 1.58 bits per heavy atom. The Hall–Kier alpha value is -3.19. The van der Waals surface area contributed by atoms with Gasteiger partial charge in [-0.3, -0.25) is 18.6 Å². The van der Waals surface area contributed by atoms with Crippen LogP contribution in [0, 0.1) is 27.7 Å². The molecule has 4 aromatic rings. The maximum atomic E-state index is 13.0. The number of Topliss-reactive ketones (excluding diaryl/α,β-unsaturated/α-hetero) is 1. The van der Waals surface area contributed by atoms with Crippen molar-refractivity contribution in [3.05, 3.63) is 87.0 Å². The maximum absolute atomic E-state index is 13.0. The molecular formula is C24H24N4O2S. The van der Waals surface area contributed by atoms with Gasteiger partial charge in [0.2, 0.25) is 5.65 Å². The van der Waals surface area contributed by atoms with E-state index in [0.29, 0.717) is 10.7 Å². The van der Waals surface area contributed by atoms with Crippen LogP contribution in [0.4, 0.5) is 0 Å². The summed E-state index contributed by atoms with van der Waals surface area (Å²) in [5, 5.41) is 8.44. The summed E-state index contributed by atoms with van der Waals surface area (Å²) in [6, 6.07) is 11.6. The van der Waals surface area contributed by atoms with Crippen LogP contribution in [0.3, 0.4) is 0 Å². The zero-order chi connectivity index (χ0) is 22.3. The van der Waals surface area contributed by atoms with Gasteiger partial charge in [-0.25, -0.2) is 0 Å². The first-order valence-corrected chi connectivity index (χ1v) is 11.0. The summed E-state index contributed by atoms with van der Waals surface area (Å²) in [6.45, 7) is 9.92. The van der Waals surface area contributed by atoms with E-state index in [4.69, 9.17) is 0 Å². The zero-order valence-corrected chi connectivity index (χ0v) is 19.0. The molecule has 4 rings (SSSR count). The summed E-state index contributed by atoms with van der Waals surface area (Å²) in [4.78, 5) is 25.9. The molecule has 1 atom stereocenters. The molecule has 0 amide bonds. The number of ketones is 1. The first-order valence-electron chi connectivity index (χ1n) is 10.1. The van der Waals surface area contributed by atoms with E-state index < -0.39 is 0 Å².